The van der Waals surface area contributed by atoms with Gasteiger partial charge in [-0.15, -0.1) is 11.3 Å². The zero-order chi connectivity index (χ0) is 14.1. The van der Waals surface area contributed by atoms with Gasteiger partial charge in [0.15, 0.2) is 5.13 Å². The Morgan fingerprint density at radius 3 is 2.85 bits per heavy atom. The molecule has 3 rings (SSSR count). The number of carboxylic acid groups (broad SMARTS) is 1. The second-order valence-corrected chi connectivity index (χ2v) is 5.58. The van der Waals surface area contributed by atoms with E-state index in [-0.39, 0.29) is 11.5 Å². The maximum absolute atomic E-state index is 11.8. The van der Waals surface area contributed by atoms with E-state index in [0.29, 0.717) is 21.0 Å². The minimum atomic E-state index is -0.992. The Hall–Kier alpha value is -2.32. The molecule has 0 fully saturated rings. The summed E-state index contributed by atoms with van der Waals surface area (Å²) in [5, 5.41) is 13.6. The summed E-state index contributed by atoms with van der Waals surface area (Å²) >= 11 is 2.56. The average molecular weight is 305 g/mol. The number of nitrogens with one attached hydrogen (secondary N) is 1. The van der Waals surface area contributed by atoms with Gasteiger partial charge >= 0.3 is 5.97 Å². The number of carbonyl (C=O) groups is 2. The molecule has 2 aromatic heterocycles. The van der Waals surface area contributed by atoms with Crippen LogP contribution in [0, 0.1) is 0 Å². The van der Waals surface area contributed by atoms with Crippen LogP contribution in [-0.2, 0) is 0 Å². The van der Waals surface area contributed by atoms with Crippen LogP contribution in [0.25, 0.3) is 10.2 Å². The highest BCUT2D eigenvalue weighted by Crippen LogP contribution is 2.27. The highest BCUT2D eigenvalue weighted by molar-refractivity contribution is 7.22. The first kappa shape index (κ1) is 12.7. The molecular formula is C12H7N3O3S2. The molecule has 1 aromatic carbocycles. The number of hydrogen-bond acceptors (Lipinski definition) is 6. The van der Waals surface area contributed by atoms with Crippen LogP contribution in [0.3, 0.4) is 0 Å². The van der Waals surface area contributed by atoms with E-state index in [1.807, 2.05) is 0 Å². The first-order valence-corrected chi connectivity index (χ1v) is 7.23. The molecule has 0 radical (unpaired) electrons. The van der Waals surface area contributed by atoms with Crippen molar-refractivity contribution in [1.82, 2.24) is 9.97 Å². The van der Waals surface area contributed by atoms with E-state index in [1.54, 1.807) is 17.0 Å². The summed E-state index contributed by atoms with van der Waals surface area (Å²) in [6.07, 6.45) is 0. The molecule has 100 valence electrons. The summed E-state index contributed by atoms with van der Waals surface area (Å²) in [5.74, 6) is -1.32. The summed E-state index contributed by atoms with van der Waals surface area (Å²) in [6, 6.07) is 4.64. The first-order valence-electron chi connectivity index (χ1n) is 5.47. The number of benzene rings is 1. The van der Waals surface area contributed by atoms with Crippen molar-refractivity contribution in [3.63, 3.8) is 0 Å². The molecular weight excluding hydrogens is 298 g/mol. The van der Waals surface area contributed by atoms with Crippen molar-refractivity contribution in [3.05, 3.63) is 40.3 Å². The van der Waals surface area contributed by atoms with E-state index >= 15 is 0 Å². The smallest absolute Gasteiger partial charge is 0.335 e. The van der Waals surface area contributed by atoms with Crippen LogP contribution in [0.1, 0.15) is 20.8 Å². The number of thiazole rings is 2. The highest BCUT2D eigenvalue weighted by Gasteiger charge is 2.12. The van der Waals surface area contributed by atoms with E-state index in [4.69, 9.17) is 5.11 Å². The van der Waals surface area contributed by atoms with Gasteiger partial charge in [-0.2, -0.15) is 0 Å². The number of carbonyl (C=O) groups excluding carboxylic acids is 1. The Morgan fingerprint density at radius 1 is 1.30 bits per heavy atom. The quantitative estimate of drug-likeness (QED) is 0.776. The molecule has 0 atom stereocenters. The van der Waals surface area contributed by atoms with E-state index in [2.05, 4.69) is 15.3 Å². The monoisotopic (exact) mass is 305 g/mol. The van der Waals surface area contributed by atoms with Crippen LogP contribution in [0.2, 0.25) is 0 Å². The van der Waals surface area contributed by atoms with Crippen LogP contribution in [0.15, 0.2) is 29.1 Å². The molecule has 0 unspecified atom stereocenters. The van der Waals surface area contributed by atoms with Gasteiger partial charge in [-0.05, 0) is 18.2 Å². The first-order chi connectivity index (χ1) is 9.63. The second kappa shape index (κ2) is 4.99. The predicted octanol–water partition coefficient (Wildman–Crippen LogP) is 2.70. The number of anilines is 1. The van der Waals surface area contributed by atoms with Gasteiger partial charge in [0.1, 0.15) is 5.69 Å². The summed E-state index contributed by atoms with van der Waals surface area (Å²) in [7, 11) is 0. The molecule has 0 saturated carbocycles. The van der Waals surface area contributed by atoms with Gasteiger partial charge in [0.25, 0.3) is 5.91 Å². The van der Waals surface area contributed by atoms with Gasteiger partial charge in [0.2, 0.25) is 0 Å². The standard InChI is InChI=1S/C12H7N3O3S2/c16-10(8-4-19-5-13-8)15-12-14-7-2-1-6(11(17)18)3-9(7)20-12/h1-5H,(H,17,18)(H,14,15,16). The number of hydrogen-bond donors (Lipinski definition) is 2. The molecule has 0 spiro atoms. The number of nitrogens with zero attached hydrogens (tertiary/aromatic N) is 2. The fourth-order valence-corrected chi connectivity index (χ4v) is 3.03. The molecule has 2 heterocycles. The van der Waals surface area contributed by atoms with E-state index in [9.17, 15) is 9.59 Å². The van der Waals surface area contributed by atoms with Crippen molar-refractivity contribution in [2.75, 3.05) is 5.32 Å². The Kier molecular flexibility index (Phi) is 3.17. The molecule has 0 saturated heterocycles. The number of rotatable bonds is 3. The molecule has 1 amide bonds. The van der Waals surface area contributed by atoms with Crippen LogP contribution in [0.4, 0.5) is 5.13 Å². The minimum absolute atomic E-state index is 0.193. The molecule has 0 aliphatic rings. The zero-order valence-electron chi connectivity index (χ0n) is 9.86. The highest BCUT2D eigenvalue weighted by atomic mass is 32.1. The van der Waals surface area contributed by atoms with Gasteiger partial charge < -0.3 is 5.11 Å². The van der Waals surface area contributed by atoms with Crippen molar-refractivity contribution in [3.8, 4) is 0 Å². The Balaban J connectivity index is 1.89. The fraction of sp³-hybridized carbons (Fsp3) is 0. The van der Waals surface area contributed by atoms with Gasteiger partial charge in [-0.1, -0.05) is 11.3 Å². The number of amides is 1. The molecule has 0 aliphatic heterocycles. The Labute approximate surface area is 120 Å². The number of fused-ring (bicyclic) bond motifs is 1. The molecule has 20 heavy (non-hydrogen) atoms. The number of aromatic nitrogens is 2. The van der Waals surface area contributed by atoms with Crippen LogP contribution < -0.4 is 5.32 Å². The van der Waals surface area contributed by atoms with Crippen molar-refractivity contribution >= 4 is 49.9 Å². The Morgan fingerprint density at radius 2 is 2.15 bits per heavy atom. The maximum atomic E-state index is 11.8. The predicted molar refractivity (Wildman–Crippen MR) is 76.6 cm³/mol. The lowest BCUT2D eigenvalue weighted by atomic mass is 10.2. The van der Waals surface area contributed by atoms with Crippen LogP contribution in [0.5, 0.6) is 0 Å². The van der Waals surface area contributed by atoms with Gasteiger partial charge in [0, 0.05) is 5.38 Å². The molecule has 3 aromatic rings. The third-order valence-electron chi connectivity index (χ3n) is 2.52. The van der Waals surface area contributed by atoms with Crippen molar-refractivity contribution in [1.29, 1.82) is 0 Å². The molecule has 0 aliphatic carbocycles. The normalized spacial score (nSPS) is 10.6. The van der Waals surface area contributed by atoms with E-state index in [0.717, 1.165) is 0 Å². The van der Waals surface area contributed by atoms with Gasteiger partial charge in [0.05, 0.1) is 21.3 Å². The summed E-state index contributed by atoms with van der Waals surface area (Å²) in [4.78, 5) is 30.9. The average Bonchev–Trinajstić information content (AvgIpc) is 3.06. The van der Waals surface area contributed by atoms with E-state index in [1.165, 1.54) is 34.8 Å². The van der Waals surface area contributed by atoms with Crippen LogP contribution >= 0.6 is 22.7 Å². The van der Waals surface area contributed by atoms with Crippen molar-refractivity contribution in [2.45, 2.75) is 0 Å². The topological polar surface area (TPSA) is 92.2 Å². The fourth-order valence-electron chi connectivity index (χ4n) is 1.60. The lowest BCUT2D eigenvalue weighted by Gasteiger charge is -1.96. The Bertz CT molecular complexity index is 796. The SMILES string of the molecule is O=C(O)c1ccc2nc(NC(=O)c3cscn3)sc2c1. The largest absolute Gasteiger partial charge is 0.478 e. The minimum Gasteiger partial charge on any atom is -0.478 e. The van der Waals surface area contributed by atoms with Crippen molar-refractivity contribution < 1.29 is 14.7 Å². The summed E-state index contributed by atoms with van der Waals surface area (Å²) in [6.45, 7) is 0. The lowest BCUT2D eigenvalue weighted by molar-refractivity contribution is 0.0697. The molecule has 2 N–H and O–H groups in total. The molecule has 8 heteroatoms. The second-order valence-electron chi connectivity index (χ2n) is 3.83. The van der Waals surface area contributed by atoms with E-state index < -0.39 is 5.97 Å². The third-order valence-corrected chi connectivity index (χ3v) is 4.04. The summed E-state index contributed by atoms with van der Waals surface area (Å²) in [5.41, 5.74) is 2.75. The zero-order valence-corrected chi connectivity index (χ0v) is 11.5. The van der Waals surface area contributed by atoms with Crippen molar-refractivity contribution in [2.24, 2.45) is 0 Å². The maximum Gasteiger partial charge on any atom is 0.335 e. The van der Waals surface area contributed by atoms with Crippen LogP contribution in [-0.4, -0.2) is 27.0 Å². The summed E-state index contributed by atoms with van der Waals surface area (Å²) < 4.78 is 0.707. The molecule has 0 bridgehead atoms. The van der Waals surface area contributed by atoms with Gasteiger partial charge in [-0.3, -0.25) is 10.1 Å². The number of carboxylic acids is 1. The lowest BCUT2D eigenvalue weighted by Crippen LogP contribution is -2.11. The van der Waals surface area contributed by atoms with Gasteiger partial charge in [-0.25, -0.2) is 14.8 Å². The third kappa shape index (κ3) is 2.38. The molecule has 6 nitrogen and oxygen atoms in total. The number of aromatic carboxylic acids is 1.